The molecule has 0 saturated carbocycles. The van der Waals surface area contributed by atoms with Crippen LogP contribution in [0.5, 0.6) is 0 Å². The van der Waals surface area contributed by atoms with Crippen molar-refractivity contribution in [2.75, 3.05) is 0 Å². The van der Waals surface area contributed by atoms with Crippen LogP contribution >= 0.6 is 0 Å². The summed E-state index contributed by atoms with van der Waals surface area (Å²) >= 11 is 0. The average molecular weight is 370 g/mol. The van der Waals surface area contributed by atoms with Crippen molar-refractivity contribution in [2.45, 2.75) is 0 Å². The number of rotatable bonds is 2. The van der Waals surface area contributed by atoms with Crippen LogP contribution < -0.4 is 0 Å². The molecule has 0 amide bonds. The van der Waals surface area contributed by atoms with Crippen molar-refractivity contribution in [1.82, 2.24) is 9.38 Å². The predicted octanol–water partition coefficient (Wildman–Crippen LogP) is 6.96. The summed E-state index contributed by atoms with van der Waals surface area (Å²) in [5, 5.41) is 3.66. The summed E-state index contributed by atoms with van der Waals surface area (Å²) in [5.74, 6) is 0. The number of aromatic nitrogens is 2. The molecule has 0 fully saturated rings. The van der Waals surface area contributed by atoms with Crippen LogP contribution in [-0.4, -0.2) is 9.38 Å². The third kappa shape index (κ3) is 2.54. The van der Waals surface area contributed by atoms with Crippen LogP contribution in [0.4, 0.5) is 0 Å². The molecule has 0 radical (unpaired) electrons. The van der Waals surface area contributed by atoms with Crippen molar-refractivity contribution in [2.24, 2.45) is 0 Å². The van der Waals surface area contributed by atoms with E-state index in [4.69, 9.17) is 4.98 Å². The van der Waals surface area contributed by atoms with Gasteiger partial charge in [0.05, 0.1) is 16.6 Å². The molecule has 0 aliphatic heterocycles. The normalized spacial score (nSPS) is 12.0. The first-order valence-electron chi connectivity index (χ1n) is 9.83. The number of fused-ring (bicyclic) bond motifs is 8. The van der Waals surface area contributed by atoms with Crippen molar-refractivity contribution in [1.29, 1.82) is 0 Å². The number of hydrogen-bond donors (Lipinski definition) is 0. The van der Waals surface area contributed by atoms with E-state index >= 15 is 0 Å². The standard InChI is InChI=1S/C27H18N2/c1-2-8-19(9-3-1)14-15-20-16-17-22-23(18-20)21-10-4-6-12-25(21)29-26-13-7-5-11-24(26)28-27(22)29/h1-18H/b15-14+. The molecule has 0 bridgehead atoms. The molecule has 2 aromatic heterocycles. The SMILES string of the molecule is C(=C\c1ccc2c(c1)c1ccccc1n1c3ccccc3nc21)/c1ccccc1. The Morgan fingerprint density at radius 3 is 2.17 bits per heavy atom. The van der Waals surface area contributed by atoms with Crippen LogP contribution in [-0.2, 0) is 0 Å². The van der Waals surface area contributed by atoms with E-state index in [1.54, 1.807) is 0 Å². The van der Waals surface area contributed by atoms with Crippen molar-refractivity contribution in [3.05, 3.63) is 108 Å². The molecule has 6 rings (SSSR count). The van der Waals surface area contributed by atoms with Gasteiger partial charge in [0, 0.05) is 10.8 Å². The Hall–Kier alpha value is -3.91. The topological polar surface area (TPSA) is 17.3 Å². The maximum atomic E-state index is 4.96. The molecule has 2 heteroatoms. The first-order chi connectivity index (χ1) is 14.4. The molecule has 0 spiro atoms. The molecular formula is C27H18N2. The molecule has 0 N–H and O–H groups in total. The Balaban J connectivity index is 1.66. The highest BCUT2D eigenvalue weighted by atomic mass is 15.0. The van der Waals surface area contributed by atoms with E-state index in [-0.39, 0.29) is 0 Å². The molecule has 29 heavy (non-hydrogen) atoms. The summed E-state index contributed by atoms with van der Waals surface area (Å²) < 4.78 is 2.28. The van der Waals surface area contributed by atoms with Crippen LogP contribution in [0.3, 0.4) is 0 Å². The van der Waals surface area contributed by atoms with Gasteiger partial charge in [0.2, 0.25) is 0 Å². The lowest BCUT2D eigenvalue weighted by Gasteiger charge is -2.09. The first-order valence-corrected chi connectivity index (χ1v) is 9.83. The lowest BCUT2D eigenvalue weighted by Crippen LogP contribution is -1.91. The highest BCUT2D eigenvalue weighted by molar-refractivity contribution is 6.14. The first kappa shape index (κ1) is 16.1. The minimum atomic E-state index is 1.01. The Kier molecular flexibility index (Phi) is 3.50. The zero-order valence-electron chi connectivity index (χ0n) is 15.8. The molecule has 6 aromatic rings. The van der Waals surface area contributed by atoms with Gasteiger partial charge in [-0.1, -0.05) is 84.9 Å². The number of para-hydroxylation sites is 3. The highest BCUT2D eigenvalue weighted by Gasteiger charge is 2.13. The van der Waals surface area contributed by atoms with Crippen LogP contribution in [0.15, 0.2) is 97.1 Å². The largest absolute Gasteiger partial charge is 0.292 e. The molecule has 4 aromatic carbocycles. The average Bonchev–Trinajstić information content (AvgIpc) is 3.18. The second-order valence-corrected chi connectivity index (χ2v) is 7.33. The van der Waals surface area contributed by atoms with Crippen molar-refractivity contribution >= 4 is 50.5 Å². The maximum Gasteiger partial charge on any atom is 0.146 e. The van der Waals surface area contributed by atoms with Crippen molar-refractivity contribution in [3.8, 4) is 0 Å². The fourth-order valence-corrected chi connectivity index (χ4v) is 4.19. The zero-order chi connectivity index (χ0) is 19.2. The van der Waals surface area contributed by atoms with E-state index in [1.165, 1.54) is 32.8 Å². The molecule has 0 atom stereocenters. The summed E-state index contributed by atoms with van der Waals surface area (Å²) in [5.41, 5.74) is 6.76. The zero-order valence-corrected chi connectivity index (χ0v) is 15.8. The van der Waals surface area contributed by atoms with E-state index in [2.05, 4.69) is 101 Å². The number of pyridine rings is 1. The van der Waals surface area contributed by atoms with E-state index in [1.807, 2.05) is 12.1 Å². The fourth-order valence-electron chi connectivity index (χ4n) is 4.19. The van der Waals surface area contributed by atoms with Crippen LogP contribution in [0.1, 0.15) is 11.1 Å². The monoisotopic (exact) mass is 370 g/mol. The summed E-state index contributed by atoms with van der Waals surface area (Å²) in [6.45, 7) is 0. The van der Waals surface area contributed by atoms with Crippen LogP contribution in [0, 0.1) is 0 Å². The number of benzene rings is 4. The van der Waals surface area contributed by atoms with Gasteiger partial charge in [-0.15, -0.1) is 0 Å². The molecule has 0 aliphatic rings. The van der Waals surface area contributed by atoms with Gasteiger partial charge < -0.3 is 0 Å². The van der Waals surface area contributed by atoms with Crippen molar-refractivity contribution < 1.29 is 0 Å². The summed E-state index contributed by atoms with van der Waals surface area (Å²) in [7, 11) is 0. The fraction of sp³-hybridized carbons (Fsp3) is 0. The van der Waals surface area contributed by atoms with Crippen LogP contribution in [0.25, 0.3) is 50.5 Å². The second kappa shape index (κ2) is 6.32. The molecule has 0 aliphatic carbocycles. The predicted molar refractivity (Wildman–Crippen MR) is 123 cm³/mol. The summed E-state index contributed by atoms with van der Waals surface area (Å²) in [6, 6.07) is 34.0. The molecule has 0 unspecified atom stereocenters. The van der Waals surface area contributed by atoms with E-state index in [9.17, 15) is 0 Å². The van der Waals surface area contributed by atoms with Gasteiger partial charge in [0.15, 0.2) is 0 Å². The van der Waals surface area contributed by atoms with Gasteiger partial charge in [-0.05, 0) is 40.8 Å². The third-order valence-corrected chi connectivity index (χ3v) is 5.55. The molecule has 136 valence electrons. The molecule has 2 heterocycles. The Morgan fingerprint density at radius 2 is 1.28 bits per heavy atom. The Morgan fingerprint density at radius 1 is 0.552 bits per heavy atom. The number of hydrogen-bond acceptors (Lipinski definition) is 1. The van der Waals surface area contributed by atoms with Gasteiger partial charge in [0.25, 0.3) is 0 Å². The smallest absolute Gasteiger partial charge is 0.146 e. The minimum Gasteiger partial charge on any atom is -0.292 e. The van der Waals surface area contributed by atoms with Gasteiger partial charge in [-0.2, -0.15) is 0 Å². The number of imidazole rings is 1. The Labute approximate surface area is 168 Å². The van der Waals surface area contributed by atoms with E-state index in [0.29, 0.717) is 0 Å². The van der Waals surface area contributed by atoms with E-state index < -0.39 is 0 Å². The van der Waals surface area contributed by atoms with Crippen molar-refractivity contribution in [3.63, 3.8) is 0 Å². The Bertz CT molecular complexity index is 1540. The maximum absolute atomic E-state index is 4.96. The molecule has 2 nitrogen and oxygen atoms in total. The molecular weight excluding hydrogens is 352 g/mol. The summed E-state index contributed by atoms with van der Waals surface area (Å²) in [6.07, 6.45) is 4.33. The van der Waals surface area contributed by atoms with E-state index in [0.717, 1.165) is 16.7 Å². The van der Waals surface area contributed by atoms with Gasteiger partial charge >= 0.3 is 0 Å². The molecule has 0 saturated heterocycles. The third-order valence-electron chi connectivity index (χ3n) is 5.55. The lowest BCUT2D eigenvalue weighted by atomic mass is 10.0. The number of nitrogens with zero attached hydrogens (tertiary/aromatic N) is 2. The van der Waals surface area contributed by atoms with Crippen LogP contribution in [0.2, 0.25) is 0 Å². The lowest BCUT2D eigenvalue weighted by molar-refractivity contribution is 1.31. The van der Waals surface area contributed by atoms with Gasteiger partial charge in [0.1, 0.15) is 5.65 Å². The minimum absolute atomic E-state index is 1.01. The summed E-state index contributed by atoms with van der Waals surface area (Å²) in [4.78, 5) is 4.96. The highest BCUT2D eigenvalue weighted by Crippen LogP contribution is 2.33. The van der Waals surface area contributed by atoms with Gasteiger partial charge in [-0.25, -0.2) is 4.98 Å². The van der Waals surface area contributed by atoms with Gasteiger partial charge in [-0.3, -0.25) is 4.40 Å². The second-order valence-electron chi connectivity index (χ2n) is 7.33. The quantitative estimate of drug-likeness (QED) is 0.238.